The van der Waals surface area contributed by atoms with Gasteiger partial charge in [0.1, 0.15) is 11.3 Å². The molecule has 2 aliphatic rings. The Labute approximate surface area is 169 Å². The molecular formula is C22H23ClN4O. The van der Waals surface area contributed by atoms with Crippen LogP contribution in [0.2, 0.25) is 5.02 Å². The summed E-state index contributed by atoms with van der Waals surface area (Å²) in [7, 11) is 1.70. The Kier molecular flexibility index (Phi) is 4.49. The van der Waals surface area contributed by atoms with Crippen LogP contribution in [0.4, 0.5) is 11.4 Å². The van der Waals surface area contributed by atoms with Crippen LogP contribution in [0, 0.1) is 0 Å². The van der Waals surface area contributed by atoms with Gasteiger partial charge in [-0.25, -0.2) is 0 Å². The van der Waals surface area contributed by atoms with Crippen molar-refractivity contribution in [1.29, 1.82) is 0 Å². The van der Waals surface area contributed by atoms with Crippen LogP contribution in [0.25, 0.3) is 10.9 Å². The molecule has 0 spiro atoms. The van der Waals surface area contributed by atoms with E-state index in [9.17, 15) is 0 Å². The minimum Gasteiger partial charge on any atom is -0.494 e. The van der Waals surface area contributed by atoms with Crippen molar-refractivity contribution in [2.24, 2.45) is 0 Å². The second-order valence-corrected chi connectivity index (χ2v) is 7.86. The number of benzene rings is 2. The van der Waals surface area contributed by atoms with Crippen LogP contribution < -0.4 is 19.9 Å². The molecule has 0 amide bonds. The van der Waals surface area contributed by atoms with Gasteiger partial charge >= 0.3 is 0 Å². The van der Waals surface area contributed by atoms with Crippen molar-refractivity contribution in [3.8, 4) is 5.75 Å². The van der Waals surface area contributed by atoms with Crippen LogP contribution in [0.3, 0.4) is 0 Å². The summed E-state index contributed by atoms with van der Waals surface area (Å²) in [5.74, 6) is 0.821. The third-order valence-corrected chi connectivity index (χ3v) is 5.98. The standard InChI is InChI=1S/C22H23ClN4O/c1-28-20-7-3-6-19-21(20)25-11-15-13-26(17-5-2-4-16(23)10-17)14-27(22(15)19)18-8-9-24-12-18/h2-7,10-11,18,24H,8-9,12-14H2,1H3/t18-/m1/s1. The Hall–Kier alpha value is -2.50. The van der Waals surface area contributed by atoms with E-state index >= 15 is 0 Å². The number of aromatic nitrogens is 1. The van der Waals surface area contributed by atoms with E-state index in [0.29, 0.717) is 6.04 Å². The first kappa shape index (κ1) is 17.6. The summed E-state index contributed by atoms with van der Waals surface area (Å²) in [4.78, 5) is 9.66. The fourth-order valence-corrected chi connectivity index (χ4v) is 4.59. The number of para-hydroxylation sites is 1. The van der Waals surface area contributed by atoms with Gasteiger partial charge in [-0.2, -0.15) is 0 Å². The van der Waals surface area contributed by atoms with Crippen molar-refractivity contribution < 1.29 is 4.74 Å². The number of nitrogens with zero attached hydrogens (tertiary/aromatic N) is 3. The third-order valence-electron chi connectivity index (χ3n) is 5.75. The Bertz CT molecular complexity index is 1020. The third kappa shape index (κ3) is 2.95. The van der Waals surface area contributed by atoms with Crippen molar-refractivity contribution in [2.75, 3.05) is 36.7 Å². The van der Waals surface area contributed by atoms with Crippen molar-refractivity contribution in [1.82, 2.24) is 10.3 Å². The van der Waals surface area contributed by atoms with E-state index in [1.807, 2.05) is 30.5 Å². The van der Waals surface area contributed by atoms with Gasteiger partial charge in [0, 0.05) is 47.0 Å². The fraction of sp³-hybridized carbons (Fsp3) is 0.318. The van der Waals surface area contributed by atoms with Crippen LogP contribution in [-0.4, -0.2) is 37.9 Å². The van der Waals surface area contributed by atoms with E-state index in [1.165, 1.54) is 11.3 Å². The van der Waals surface area contributed by atoms with Crippen molar-refractivity contribution in [3.63, 3.8) is 0 Å². The number of ether oxygens (including phenoxy) is 1. The van der Waals surface area contributed by atoms with Gasteiger partial charge in [0.25, 0.3) is 0 Å². The molecule has 5 nitrogen and oxygen atoms in total. The van der Waals surface area contributed by atoms with Crippen molar-refractivity contribution in [3.05, 3.63) is 59.2 Å². The molecule has 1 fully saturated rings. The lowest BCUT2D eigenvalue weighted by Gasteiger charge is -2.43. The first-order valence-corrected chi connectivity index (χ1v) is 10.0. The SMILES string of the molecule is COc1cccc2c3c(cnc12)CN(c1cccc(Cl)c1)CN3[C@@H]1CCNC1. The monoisotopic (exact) mass is 394 g/mol. The van der Waals surface area contributed by atoms with Crippen molar-refractivity contribution >= 4 is 33.9 Å². The average Bonchev–Trinajstić information content (AvgIpc) is 3.27. The quantitative estimate of drug-likeness (QED) is 0.726. The van der Waals surface area contributed by atoms with Gasteiger partial charge in [0.15, 0.2) is 0 Å². The largest absolute Gasteiger partial charge is 0.494 e. The summed E-state index contributed by atoms with van der Waals surface area (Å²) in [5, 5.41) is 5.44. The molecule has 0 unspecified atom stereocenters. The highest BCUT2D eigenvalue weighted by Gasteiger charge is 2.32. The summed E-state index contributed by atoms with van der Waals surface area (Å²) in [6.07, 6.45) is 3.14. The van der Waals surface area contributed by atoms with Gasteiger partial charge < -0.3 is 19.9 Å². The molecule has 1 N–H and O–H groups in total. The number of anilines is 2. The van der Waals surface area contributed by atoms with E-state index in [2.05, 4.69) is 33.3 Å². The molecule has 6 heteroatoms. The molecule has 1 saturated heterocycles. The smallest absolute Gasteiger partial charge is 0.145 e. The van der Waals surface area contributed by atoms with Crippen LogP contribution in [0.15, 0.2) is 48.7 Å². The number of pyridine rings is 1. The van der Waals surface area contributed by atoms with E-state index in [4.69, 9.17) is 21.3 Å². The number of methoxy groups -OCH3 is 1. The van der Waals surface area contributed by atoms with E-state index in [-0.39, 0.29) is 0 Å². The van der Waals surface area contributed by atoms with E-state index in [0.717, 1.165) is 60.1 Å². The van der Waals surface area contributed by atoms with Gasteiger partial charge in [0.05, 0.1) is 19.5 Å². The van der Waals surface area contributed by atoms with Gasteiger partial charge in [-0.05, 0) is 37.2 Å². The normalized spacial score (nSPS) is 19.1. The Balaban J connectivity index is 1.65. The maximum atomic E-state index is 6.26. The molecule has 1 aromatic heterocycles. The zero-order chi connectivity index (χ0) is 19.1. The number of rotatable bonds is 3. The van der Waals surface area contributed by atoms with Crippen molar-refractivity contribution in [2.45, 2.75) is 19.0 Å². The van der Waals surface area contributed by atoms with E-state index in [1.54, 1.807) is 7.11 Å². The molecule has 0 radical (unpaired) electrons. The van der Waals surface area contributed by atoms with Gasteiger partial charge in [-0.15, -0.1) is 0 Å². The van der Waals surface area contributed by atoms with E-state index < -0.39 is 0 Å². The lowest BCUT2D eigenvalue weighted by Crippen LogP contribution is -2.48. The molecule has 2 aromatic carbocycles. The Morgan fingerprint density at radius 1 is 1.21 bits per heavy atom. The summed E-state index contributed by atoms with van der Waals surface area (Å²) < 4.78 is 5.56. The zero-order valence-electron chi connectivity index (χ0n) is 15.9. The molecule has 0 saturated carbocycles. The van der Waals surface area contributed by atoms with Crippen LogP contribution in [0.1, 0.15) is 12.0 Å². The summed E-state index contributed by atoms with van der Waals surface area (Å²) in [6, 6.07) is 14.7. The highest BCUT2D eigenvalue weighted by atomic mass is 35.5. The average molecular weight is 395 g/mol. The minimum atomic E-state index is 0.456. The van der Waals surface area contributed by atoms with Gasteiger partial charge in [-0.1, -0.05) is 29.8 Å². The fourth-order valence-electron chi connectivity index (χ4n) is 4.40. The van der Waals surface area contributed by atoms with Crippen LogP contribution in [0.5, 0.6) is 5.75 Å². The summed E-state index contributed by atoms with van der Waals surface area (Å²) in [6.45, 7) is 3.69. The summed E-state index contributed by atoms with van der Waals surface area (Å²) in [5.41, 5.74) is 4.59. The predicted octanol–water partition coefficient (Wildman–Crippen LogP) is 4.04. The number of nitrogens with one attached hydrogen (secondary N) is 1. The molecule has 28 heavy (non-hydrogen) atoms. The molecule has 0 aliphatic carbocycles. The second kappa shape index (κ2) is 7.15. The number of hydrogen-bond donors (Lipinski definition) is 1. The Morgan fingerprint density at radius 3 is 2.89 bits per heavy atom. The lowest BCUT2D eigenvalue weighted by atomic mass is 10.0. The zero-order valence-corrected chi connectivity index (χ0v) is 16.6. The summed E-state index contributed by atoms with van der Waals surface area (Å²) >= 11 is 6.26. The van der Waals surface area contributed by atoms with Crippen LogP contribution >= 0.6 is 11.6 Å². The number of halogens is 1. The maximum Gasteiger partial charge on any atom is 0.145 e. The highest BCUT2D eigenvalue weighted by Crippen LogP contribution is 2.40. The number of fused-ring (bicyclic) bond motifs is 3. The molecule has 3 aromatic rings. The predicted molar refractivity (Wildman–Crippen MR) is 115 cm³/mol. The number of hydrogen-bond acceptors (Lipinski definition) is 5. The molecule has 0 bridgehead atoms. The minimum absolute atomic E-state index is 0.456. The molecule has 3 heterocycles. The van der Waals surface area contributed by atoms with Gasteiger partial charge in [0.2, 0.25) is 0 Å². The topological polar surface area (TPSA) is 40.6 Å². The molecule has 1 atom stereocenters. The second-order valence-electron chi connectivity index (χ2n) is 7.42. The molecule has 144 valence electrons. The first-order valence-electron chi connectivity index (χ1n) is 9.67. The van der Waals surface area contributed by atoms with Gasteiger partial charge in [-0.3, -0.25) is 4.98 Å². The first-order chi connectivity index (χ1) is 13.7. The molecule has 5 rings (SSSR count). The Morgan fingerprint density at radius 2 is 2.11 bits per heavy atom. The highest BCUT2D eigenvalue weighted by molar-refractivity contribution is 6.30. The van der Waals surface area contributed by atoms with Crippen LogP contribution in [-0.2, 0) is 6.54 Å². The molecular weight excluding hydrogens is 372 g/mol. The lowest BCUT2D eigenvalue weighted by molar-refractivity contribution is 0.419. The maximum absolute atomic E-state index is 6.26. The molecule has 2 aliphatic heterocycles.